The summed E-state index contributed by atoms with van der Waals surface area (Å²) in [6, 6.07) is -0.0421. The van der Waals surface area contributed by atoms with Crippen LogP contribution in [0.25, 0.3) is 0 Å². The number of carbonyl (C=O) groups excluding carboxylic acids is 1. The van der Waals surface area contributed by atoms with Crippen LogP contribution in [0.2, 0.25) is 0 Å². The van der Waals surface area contributed by atoms with E-state index in [1.807, 2.05) is 6.92 Å². The van der Waals surface area contributed by atoms with Crippen molar-refractivity contribution in [1.82, 2.24) is 15.1 Å². The fraction of sp³-hybridized carbons (Fsp3) is 0.941. The third-order valence-corrected chi connectivity index (χ3v) is 5.32. The molecule has 0 aromatic heterocycles. The summed E-state index contributed by atoms with van der Waals surface area (Å²) in [6.45, 7) is 9.60. The number of hydrogen-bond donors (Lipinski definition) is 1. The Morgan fingerprint density at radius 3 is 2.24 bits per heavy atom. The predicted octanol–water partition coefficient (Wildman–Crippen LogP) is 2.10. The zero-order valence-electron chi connectivity index (χ0n) is 14.2. The molecule has 4 heteroatoms. The predicted molar refractivity (Wildman–Crippen MR) is 87.4 cm³/mol. The first-order valence-corrected chi connectivity index (χ1v) is 8.71. The second-order valence-electron chi connectivity index (χ2n) is 7.46. The normalized spacial score (nSPS) is 25.4. The molecule has 0 saturated carbocycles. The van der Waals surface area contributed by atoms with Gasteiger partial charge in [-0.25, -0.2) is 0 Å². The van der Waals surface area contributed by atoms with Gasteiger partial charge in [-0.15, -0.1) is 0 Å². The maximum Gasteiger partial charge on any atom is 0.239 e. The van der Waals surface area contributed by atoms with Gasteiger partial charge in [-0.05, 0) is 58.2 Å². The van der Waals surface area contributed by atoms with Crippen LogP contribution in [0.5, 0.6) is 0 Å². The van der Waals surface area contributed by atoms with Crippen molar-refractivity contribution >= 4 is 5.91 Å². The smallest absolute Gasteiger partial charge is 0.239 e. The lowest BCUT2D eigenvalue weighted by atomic mass is 9.80. The number of carbonyl (C=O) groups is 1. The van der Waals surface area contributed by atoms with Crippen LogP contribution in [0.4, 0.5) is 0 Å². The third kappa shape index (κ3) is 4.96. The number of piperidine rings is 1. The Morgan fingerprint density at radius 1 is 1.10 bits per heavy atom. The van der Waals surface area contributed by atoms with Crippen molar-refractivity contribution in [3.63, 3.8) is 0 Å². The van der Waals surface area contributed by atoms with Crippen LogP contribution in [0.1, 0.15) is 52.4 Å². The number of likely N-dealkylation sites (tertiary alicyclic amines) is 2. The van der Waals surface area contributed by atoms with E-state index in [4.69, 9.17) is 0 Å². The molecule has 2 heterocycles. The lowest BCUT2D eigenvalue weighted by Crippen LogP contribution is -2.49. The number of nitrogens with zero attached hydrogens (tertiary/aromatic N) is 2. The SMILES string of the molecule is CC(NCC1(C)CCN(C)CC1)C(=O)N1CCCCCC1. The van der Waals surface area contributed by atoms with E-state index >= 15 is 0 Å². The van der Waals surface area contributed by atoms with Crippen LogP contribution >= 0.6 is 0 Å². The molecule has 1 amide bonds. The molecule has 1 atom stereocenters. The Hall–Kier alpha value is -0.610. The molecular weight excluding hydrogens is 262 g/mol. The number of rotatable bonds is 4. The summed E-state index contributed by atoms with van der Waals surface area (Å²) in [5, 5.41) is 3.52. The molecule has 0 aromatic rings. The summed E-state index contributed by atoms with van der Waals surface area (Å²) in [6.07, 6.45) is 7.33. The van der Waals surface area contributed by atoms with Crippen molar-refractivity contribution in [3.05, 3.63) is 0 Å². The second-order valence-corrected chi connectivity index (χ2v) is 7.46. The lowest BCUT2D eigenvalue weighted by molar-refractivity contribution is -0.133. The first-order valence-electron chi connectivity index (χ1n) is 8.71. The van der Waals surface area contributed by atoms with Gasteiger partial charge in [0.15, 0.2) is 0 Å². The molecule has 2 aliphatic rings. The van der Waals surface area contributed by atoms with Crippen molar-refractivity contribution in [1.29, 1.82) is 0 Å². The fourth-order valence-corrected chi connectivity index (χ4v) is 3.39. The highest BCUT2D eigenvalue weighted by atomic mass is 16.2. The van der Waals surface area contributed by atoms with Crippen LogP contribution in [0.3, 0.4) is 0 Å². The Kier molecular flexibility index (Phi) is 6.06. The highest BCUT2D eigenvalue weighted by Crippen LogP contribution is 2.29. The Balaban J connectivity index is 1.77. The van der Waals surface area contributed by atoms with E-state index in [-0.39, 0.29) is 6.04 Å². The van der Waals surface area contributed by atoms with Crippen molar-refractivity contribution < 1.29 is 4.79 Å². The first-order chi connectivity index (χ1) is 10.0. The molecule has 0 aromatic carbocycles. The average Bonchev–Trinajstić information content (AvgIpc) is 2.77. The molecule has 0 bridgehead atoms. The Bertz CT molecular complexity index is 329. The van der Waals surface area contributed by atoms with E-state index in [9.17, 15) is 4.79 Å². The molecular formula is C17H33N3O. The van der Waals surface area contributed by atoms with E-state index in [0.29, 0.717) is 11.3 Å². The van der Waals surface area contributed by atoms with Gasteiger partial charge in [0.25, 0.3) is 0 Å². The van der Waals surface area contributed by atoms with Crippen LogP contribution in [0, 0.1) is 5.41 Å². The topological polar surface area (TPSA) is 35.6 Å². The van der Waals surface area contributed by atoms with Crippen molar-refractivity contribution in [2.75, 3.05) is 39.8 Å². The molecule has 0 spiro atoms. The summed E-state index contributed by atoms with van der Waals surface area (Å²) in [4.78, 5) is 17.0. The molecule has 21 heavy (non-hydrogen) atoms. The Labute approximate surface area is 130 Å². The van der Waals surface area contributed by atoms with Crippen LogP contribution in [-0.4, -0.2) is 61.5 Å². The van der Waals surface area contributed by atoms with Crippen LogP contribution in [0.15, 0.2) is 0 Å². The summed E-state index contributed by atoms with van der Waals surface area (Å²) in [5.74, 6) is 0.299. The first kappa shape index (κ1) is 16.8. The van der Waals surface area contributed by atoms with Gasteiger partial charge in [0.2, 0.25) is 5.91 Å². The average molecular weight is 295 g/mol. The Morgan fingerprint density at radius 2 is 1.67 bits per heavy atom. The summed E-state index contributed by atoms with van der Waals surface area (Å²) < 4.78 is 0. The van der Waals surface area contributed by atoms with Crippen molar-refractivity contribution in [2.24, 2.45) is 5.41 Å². The van der Waals surface area contributed by atoms with Crippen LogP contribution < -0.4 is 5.32 Å². The molecule has 2 aliphatic heterocycles. The van der Waals surface area contributed by atoms with Gasteiger partial charge in [0, 0.05) is 19.6 Å². The molecule has 1 N–H and O–H groups in total. The molecule has 122 valence electrons. The van der Waals surface area contributed by atoms with E-state index in [1.54, 1.807) is 0 Å². The molecule has 0 aliphatic carbocycles. The molecule has 0 radical (unpaired) electrons. The largest absolute Gasteiger partial charge is 0.341 e. The van der Waals surface area contributed by atoms with Gasteiger partial charge in [0.05, 0.1) is 6.04 Å². The summed E-state index contributed by atoms with van der Waals surface area (Å²) in [5.41, 5.74) is 0.347. The van der Waals surface area contributed by atoms with E-state index in [1.165, 1.54) is 51.6 Å². The quantitative estimate of drug-likeness (QED) is 0.863. The number of nitrogens with one attached hydrogen (secondary N) is 1. The molecule has 4 nitrogen and oxygen atoms in total. The molecule has 2 saturated heterocycles. The van der Waals surface area contributed by atoms with E-state index in [2.05, 4.69) is 29.1 Å². The number of hydrogen-bond acceptors (Lipinski definition) is 3. The zero-order valence-corrected chi connectivity index (χ0v) is 14.2. The van der Waals surface area contributed by atoms with Gasteiger partial charge >= 0.3 is 0 Å². The van der Waals surface area contributed by atoms with Gasteiger partial charge in [-0.2, -0.15) is 0 Å². The summed E-state index contributed by atoms with van der Waals surface area (Å²) in [7, 11) is 2.19. The van der Waals surface area contributed by atoms with Crippen molar-refractivity contribution in [3.8, 4) is 0 Å². The highest BCUT2D eigenvalue weighted by molar-refractivity contribution is 5.81. The monoisotopic (exact) mass is 295 g/mol. The number of amides is 1. The van der Waals surface area contributed by atoms with E-state index in [0.717, 1.165) is 19.6 Å². The highest BCUT2D eigenvalue weighted by Gasteiger charge is 2.30. The summed E-state index contributed by atoms with van der Waals surface area (Å²) >= 11 is 0. The van der Waals surface area contributed by atoms with Gasteiger partial charge in [0.1, 0.15) is 0 Å². The molecule has 1 unspecified atom stereocenters. The fourth-order valence-electron chi connectivity index (χ4n) is 3.39. The molecule has 2 rings (SSSR count). The lowest BCUT2D eigenvalue weighted by Gasteiger charge is -2.39. The van der Waals surface area contributed by atoms with Gasteiger partial charge < -0.3 is 15.1 Å². The maximum absolute atomic E-state index is 12.5. The molecule has 2 fully saturated rings. The van der Waals surface area contributed by atoms with Crippen LogP contribution in [-0.2, 0) is 4.79 Å². The van der Waals surface area contributed by atoms with Gasteiger partial charge in [-0.1, -0.05) is 19.8 Å². The van der Waals surface area contributed by atoms with Crippen molar-refractivity contribution in [2.45, 2.75) is 58.4 Å². The minimum absolute atomic E-state index is 0.0421. The third-order valence-electron chi connectivity index (χ3n) is 5.32. The minimum atomic E-state index is -0.0421. The maximum atomic E-state index is 12.5. The second kappa shape index (κ2) is 7.59. The standard InChI is InChI=1S/C17H33N3O/c1-15(16(21)20-10-6-4-5-7-11-20)18-14-17(2)8-12-19(3)13-9-17/h15,18H,4-14H2,1-3H3. The van der Waals surface area contributed by atoms with E-state index < -0.39 is 0 Å². The zero-order chi connectivity index (χ0) is 15.3. The minimum Gasteiger partial charge on any atom is -0.341 e. The van der Waals surface area contributed by atoms with Gasteiger partial charge in [-0.3, -0.25) is 4.79 Å².